The Hall–Kier alpha value is -2.68. The molecule has 0 fully saturated rings. The van der Waals surface area contributed by atoms with E-state index in [4.69, 9.17) is 0 Å². The summed E-state index contributed by atoms with van der Waals surface area (Å²) in [4.78, 5) is 19.0. The molecule has 24 heavy (non-hydrogen) atoms. The predicted molar refractivity (Wildman–Crippen MR) is 95.7 cm³/mol. The zero-order valence-corrected chi connectivity index (χ0v) is 13.8. The molecular formula is C21H20N2O. The molecule has 3 heteroatoms. The zero-order valence-electron chi connectivity index (χ0n) is 13.8. The van der Waals surface area contributed by atoms with Crippen LogP contribution in [0.5, 0.6) is 0 Å². The lowest BCUT2D eigenvalue weighted by Crippen LogP contribution is -2.30. The van der Waals surface area contributed by atoms with Crippen molar-refractivity contribution in [1.82, 2.24) is 9.88 Å². The summed E-state index contributed by atoms with van der Waals surface area (Å²) in [5.74, 6) is 0.217. The highest BCUT2D eigenvalue weighted by Gasteiger charge is 2.30. The fourth-order valence-corrected chi connectivity index (χ4v) is 3.74. The first-order chi connectivity index (χ1) is 11.7. The number of fused-ring (bicyclic) bond motifs is 2. The number of aryl methyl sites for hydroxylation is 1. The van der Waals surface area contributed by atoms with E-state index in [1.54, 1.807) is 6.20 Å². The normalized spacial score (nSPS) is 16.1. The molecule has 1 atom stereocenters. The number of hydrogen-bond donors (Lipinski definition) is 0. The van der Waals surface area contributed by atoms with Gasteiger partial charge in [0.15, 0.2) is 0 Å². The average Bonchev–Trinajstić information content (AvgIpc) is 3.05. The van der Waals surface area contributed by atoms with Gasteiger partial charge in [0.05, 0.1) is 5.92 Å². The minimum atomic E-state index is 0.00263. The third-order valence-electron chi connectivity index (χ3n) is 4.99. The molecule has 0 N–H and O–H groups in total. The van der Waals surface area contributed by atoms with Crippen molar-refractivity contribution in [3.63, 3.8) is 0 Å². The first-order valence-corrected chi connectivity index (χ1v) is 8.38. The number of amides is 1. The Morgan fingerprint density at radius 1 is 1.17 bits per heavy atom. The second-order valence-corrected chi connectivity index (χ2v) is 6.50. The molecule has 1 aliphatic carbocycles. The molecule has 1 aromatic heterocycles. The molecule has 0 spiro atoms. The van der Waals surface area contributed by atoms with Crippen molar-refractivity contribution >= 4 is 16.7 Å². The first kappa shape index (κ1) is 14.9. The van der Waals surface area contributed by atoms with Crippen molar-refractivity contribution in [2.24, 2.45) is 0 Å². The summed E-state index contributed by atoms with van der Waals surface area (Å²) in [7, 11) is 1.91. The van der Waals surface area contributed by atoms with Crippen LogP contribution in [0, 0.1) is 0 Å². The highest BCUT2D eigenvalue weighted by Crippen LogP contribution is 2.34. The van der Waals surface area contributed by atoms with Crippen molar-refractivity contribution in [2.75, 3.05) is 7.05 Å². The van der Waals surface area contributed by atoms with E-state index in [-0.39, 0.29) is 11.8 Å². The number of carbonyl (C=O) groups excluding carboxylic acids is 1. The van der Waals surface area contributed by atoms with Gasteiger partial charge < -0.3 is 4.90 Å². The van der Waals surface area contributed by atoms with Gasteiger partial charge in [-0.05, 0) is 41.0 Å². The van der Waals surface area contributed by atoms with Crippen LogP contribution in [-0.2, 0) is 17.8 Å². The summed E-state index contributed by atoms with van der Waals surface area (Å²) in [5, 5.41) is 2.28. The number of carbonyl (C=O) groups is 1. The van der Waals surface area contributed by atoms with Gasteiger partial charge in [0, 0.05) is 31.4 Å². The maximum atomic E-state index is 13.0. The van der Waals surface area contributed by atoms with E-state index in [1.807, 2.05) is 36.3 Å². The molecule has 1 heterocycles. The largest absolute Gasteiger partial charge is 0.341 e. The molecule has 1 amide bonds. The highest BCUT2D eigenvalue weighted by atomic mass is 16.2. The van der Waals surface area contributed by atoms with Gasteiger partial charge in [-0.2, -0.15) is 0 Å². The van der Waals surface area contributed by atoms with Gasteiger partial charge in [0.1, 0.15) is 0 Å². The number of nitrogens with zero attached hydrogens (tertiary/aromatic N) is 2. The van der Waals surface area contributed by atoms with Crippen LogP contribution < -0.4 is 0 Å². The summed E-state index contributed by atoms with van der Waals surface area (Å²) in [5.41, 5.74) is 3.69. The fourth-order valence-electron chi connectivity index (χ4n) is 3.74. The van der Waals surface area contributed by atoms with Crippen molar-refractivity contribution in [1.29, 1.82) is 0 Å². The van der Waals surface area contributed by atoms with Crippen LogP contribution in [0.1, 0.15) is 29.0 Å². The molecular weight excluding hydrogens is 296 g/mol. The minimum Gasteiger partial charge on any atom is -0.341 e. The monoisotopic (exact) mass is 316 g/mol. The summed E-state index contributed by atoms with van der Waals surface area (Å²) >= 11 is 0. The summed E-state index contributed by atoms with van der Waals surface area (Å²) in [6, 6.07) is 16.5. The van der Waals surface area contributed by atoms with Crippen LogP contribution in [0.25, 0.3) is 10.8 Å². The Kier molecular flexibility index (Phi) is 3.77. The Labute approximate surface area is 141 Å². The molecule has 0 saturated heterocycles. The van der Waals surface area contributed by atoms with Gasteiger partial charge in [0.25, 0.3) is 0 Å². The molecule has 0 aliphatic heterocycles. The molecule has 0 saturated carbocycles. The highest BCUT2D eigenvalue weighted by molar-refractivity contribution is 5.87. The number of benzene rings is 2. The maximum absolute atomic E-state index is 13.0. The fraction of sp³-hybridized carbons (Fsp3) is 0.238. The van der Waals surface area contributed by atoms with E-state index < -0.39 is 0 Å². The SMILES string of the molecule is CN(Cc1cccc2cnccc12)C(=O)[C@H]1CCc2ccccc21. The molecule has 0 bridgehead atoms. The van der Waals surface area contributed by atoms with Crippen molar-refractivity contribution in [3.05, 3.63) is 77.6 Å². The smallest absolute Gasteiger partial charge is 0.230 e. The summed E-state index contributed by atoms with van der Waals surface area (Å²) in [6.45, 7) is 0.624. The maximum Gasteiger partial charge on any atom is 0.230 e. The number of pyridine rings is 1. The Morgan fingerprint density at radius 2 is 2.04 bits per heavy atom. The van der Waals surface area contributed by atoms with Gasteiger partial charge in [-0.1, -0.05) is 42.5 Å². The molecule has 2 aromatic carbocycles. The molecule has 3 aromatic rings. The van der Waals surface area contributed by atoms with E-state index in [0.717, 1.165) is 23.8 Å². The van der Waals surface area contributed by atoms with Crippen LogP contribution in [0.3, 0.4) is 0 Å². The molecule has 0 radical (unpaired) electrons. The van der Waals surface area contributed by atoms with Crippen molar-refractivity contribution in [2.45, 2.75) is 25.3 Å². The third kappa shape index (κ3) is 2.56. The van der Waals surface area contributed by atoms with E-state index >= 15 is 0 Å². The lowest BCUT2D eigenvalue weighted by Gasteiger charge is -2.22. The Morgan fingerprint density at radius 3 is 2.96 bits per heavy atom. The topological polar surface area (TPSA) is 33.2 Å². The Bertz CT molecular complexity index is 898. The quantitative estimate of drug-likeness (QED) is 0.733. The van der Waals surface area contributed by atoms with Crippen LogP contribution in [0.4, 0.5) is 0 Å². The Balaban J connectivity index is 1.58. The second-order valence-electron chi connectivity index (χ2n) is 6.50. The molecule has 120 valence electrons. The zero-order chi connectivity index (χ0) is 16.5. The van der Waals surface area contributed by atoms with Crippen molar-refractivity contribution in [3.8, 4) is 0 Å². The molecule has 3 nitrogen and oxygen atoms in total. The van der Waals surface area contributed by atoms with Gasteiger partial charge in [-0.3, -0.25) is 9.78 Å². The van der Waals surface area contributed by atoms with Gasteiger partial charge in [-0.15, -0.1) is 0 Å². The number of aromatic nitrogens is 1. The molecule has 0 unspecified atom stereocenters. The summed E-state index contributed by atoms with van der Waals surface area (Å²) < 4.78 is 0. The van der Waals surface area contributed by atoms with Gasteiger partial charge in [-0.25, -0.2) is 0 Å². The number of likely N-dealkylation sites (N-methyl/N-ethyl adjacent to an activating group) is 1. The van der Waals surface area contributed by atoms with Crippen LogP contribution in [-0.4, -0.2) is 22.8 Å². The third-order valence-corrected chi connectivity index (χ3v) is 4.99. The molecule has 1 aliphatic rings. The first-order valence-electron chi connectivity index (χ1n) is 8.38. The van der Waals surface area contributed by atoms with Crippen LogP contribution in [0.2, 0.25) is 0 Å². The summed E-state index contributed by atoms with van der Waals surface area (Å²) in [6.07, 6.45) is 5.59. The minimum absolute atomic E-state index is 0.00263. The van der Waals surface area contributed by atoms with Crippen molar-refractivity contribution < 1.29 is 4.79 Å². The average molecular weight is 316 g/mol. The number of rotatable bonds is 3. The van der Waals surface area contributed by atoms with E-state index in [0.29, 0.717) is 6.54 Å². The standard InChI is InChI=1S/C21H20N2O/c1-23(14-17-7-4-6-16-13-22-12-11-18(16)17)21(24)20-10-9-15-5-2-3-8-19(15)20/h2-8,11-13,20H,9-10,14H2,1H3/t20-/m0/s1. The van der Waals surface area contributed by atoms with Gasteiger partial charge in [0.2, 0.25) is 5.91 Å². The lowest BCUT2D eigenvalue weighted by molar-refractivity contribution is -0.132. The van der Waals surface area contributed by atoms with Gasteiger partial charge >= 0.3 is 0 Å². The van der Waals surface area contributed by atoms with E-state index in [2.05, 4.69) is 35.3 Å². The lowest BCUT2D eigenvalue weighted by atomic mass is 9.99. The van der Waals surface area contributed by atoms with Crippen LogP contribution >= 0.6 is 0 Å². The van der Waals surface area contributed by atoms with E-state index in [1.165, 1.54) is 16.5 Å². The van der Waals surface area contributed by atoms with Crippen LogP contribution in [0.15, 0.2) is 60.9 Å². The van der Waals surface area contributed by atoms with E-state index in [9.17, 15) is 4.79 Å². The molecule has 4 rings (SSSR count). The predicted octanol–water partition coefficient (Wildman–Crippen LogP) is 3.92. The number of hydrogen-bond acceptors (Lipinski definition) is 2. The second kappa shape index (κ2) is 6.08.